The third-order valence-electron chi connectivity index (χ3n) is 5.22. The monoisotopic (exact) mass is 361 g/mol. The van der Waals surface area contributed by atoms with E-state index in [1.807, 2.05) is 18.5 Å². The van der Waals surface area contributed by atoms with Crippen LogP contribution >= 0.6 is 0 Å². The minimum Gasteiger partial charge on any atom is -0.494 e. The van der Waals surface area contributed by atoms with Gasteiger partial charge in [-0.1, -0.05) is 0 Å². The van der Waals surface area contributed by atoms with Crippen LogP contribution in [0.25, 0.3) is 16.6 Å². The first-order chi connectivity index (χ1) is 13.2. The highest BCUT2D eigenvalue weighted by Crippen LogP contribution is 2.33. The number of likely N-dealkylation sites (tertiary alicyclic amines) is 1. The van der Waals surface area contributed by atoms with E-state index in [2.05, 4.69) is 34.1 Å². The van der Waals surface area contributed by atoms with E-state index in [4.69, 9.17) is 10.00 Å². The summed E-state index contributed by atoms with van der Waals surface area (Å²) in [6, 6.07) is 4.36. The van der Waals surface area contributed by atoms with Gasteiger partial charge in [0.15, 0.2) is 6.19 Å². The Hall–Kier alpha value is -3.52. The standard InChI is InChI=1S/C19H19N7O/c1-13-17(10-23-26(13)16-3-5-24(12-21)6-4-16)14-7-18(27-2)19-15(8-20)9-22-25(19)11-14/h7,9-11,16H,3-6H2,1-2H3. The van der Waals surface area contributed by atoms with Crippen LogP contribution in [0.2, 0.25) is 0 Å². The van der Waals surface area contributed by atoms with Crippen LogP contribution < -0.4 is 4.74 Å². The number of nitrogens with zero attached hydrogens (tertiary/aromatic N) is 7. The molecule has 3 aromatic rings. The molecule has 1 fully saturated rings. The van der Waals surface area contributed by atoms with E-state index in [0.717, 1.165) is 42.8 Å². The summed E-state index contributed by atoms with van der Waals surface area (Å²) in [5, 5.41) is 27.2. The molecule has 0 radical (unpaired) electrons. The smallest absolute Gasteiger partial charge is 0.179 e. The van der Waals surface area contributed by atoms with Gasteiger partial charge < -0.3 is 9.64 Å². The summed E-state index contributed by atoms with van der Waals surface area (Å²) in [5.74, 6) is 0.607. The predicted octanol–water partition coefficient (Wildman–Crippen LogP) is 2.50. The zero-order valence-corrected chi connectivity index (χ0v) is 15.3. The predicted molar refractivity (Wildman–Crippen MR) is 97.9 cm³/mol. The minimum atomic E-state index is 0.295. The molecule has 0 aromatic carbocycles. The molecule has 0 atom stereocenters. The van der Waals surface area contributed by atoms with Crippen LogP contribution in [0.1, 0.15) is 30.1 Å². The van der Waals surface area contributed by atoms with E-state index in [1.54, 1.807) is 22.7 Å². The molecule has 0 amide bonds. The number of aromatic nitrogens is 4. The topological polar surface area (TPSA) is 95.2 Å². The van der Waals surface area contributed by atoms with Gasteiger partial charge in [0, 0.05) is 36.1 Å². The SMILES string of the molecule is COc1cc(-c2cnn(C3CCN(C#N)CC3)c2C)cn2ncc(C#N)c12. The minimum absolute atomic E-state index is 0.295. The van der Waals surface area contributed by atoms with Gasteiger partial charge in [0.2, 0.25) is 0 Å². The van der Waals surface area contributed by atoms with E-state index >= 15 is 0 Å². The van der Waals surface area contributed by atoms with E-state index in [-0.39, 0.29) is 0 Å². The molecule has 4 heterocycles. The number of rotatable bonds is 3. The fourth-order valence-corrected chi connectivity index (χ4v) is 3.75. The van der Waals surface area contributed by atoms with Gasteiger partial charge in [-0.2, -0.15) is 20.7 Å². The quantitative estimate of drug-likeness (QED) is 0.665. The lowest BCUT2D eigenvalue weighted by atomic mass is 10.0. The van der Waals surface area contributed by atoms with Crippen LogP contribution in [-0.2, 0) is 0 Å². The molecular weight excluding hydrogens is 342 g/mol. The largest absolute Gasteiger partial charge is 0.494 e. The summed E-state index contributed by atoms with van der Waals surface area (Å²) in [7, 11) is 1.59. The highest BCUT2D eigenvalue weighted by molar-refractivity contribution is 5.75. The van der Waals surface area contributed by atoms with Gasteiger partial charge in [0.25, 0.3) is 0 Å². The highest BCUT2D eigenvalue weighted by Gasteiger charge is 2.23. The number of pyridine rings is 1. The van der Waals surface area contributed by atoms with Crippen LogP contribution in [0.15, 0.2) is 24.7 Å². The fraction of sp³-hybridized carbons (Fsp3) is 0.368. The van der Waals surface area contributed by atoms with Crippen molar-refractivity contribution in [2.75, 3.05) is 20.2 Å². The van der Waals surface area contributed by atoms with Crippen LogP contribution in [-0.4, -0.2) is 44.5 Å². The highest BCUT2D eigenvalue weighted by atomic mass is 16.5. The lowest BCUT2D eigenvalue weighted by Crippen LogP contribution is -2.31. The van der Waals surface area contributed by atoms with Crippen molar-refractivity contribution in [2.24, 2.45) is 0 Å². The summed E-state index contributed by atoms with van der Waals surface area (Å²) in [6.45, 7) is 3.58. The second-order valence-electron chi connectivity index (χ2n) is 6.67. The molecule has 27 heavy (non-hydrogen) atoms. The van der Waals surface area contributed by atoms with Crippen molar-refractivity contribution in [3.63, 3.8) is 0 Å². The molecule has 0 N–H and O–H groups in total. The molecule has 1 saturated heterocycles. The number of fused-ring (bicyclic) bond motifs is 1. The average Bonchev–Trinajstić information content (AvgIpc) is 3.30. The van der Waals surface area contributed by atoms with Crippen molar-refractivity contribution in [3.05, 3.63) is 35.9 Å². The second kappa shape index (κ2) is 6.65. The summed E-state index contributed by atoms with van der Waals surface area (Å²) in [6.07, 6.45) is 9.32. The molecule has 0 unspecified atom stereocenters. The Balaban J connectivity index is 1.72. The van der Waals surface area contributed by atoms with E-state index < -0.39 is 0 Å². The molecule has 136 valence electrons. The lowest BCUT2D eigenvalue weighted by Gasteiger charge is -2.29. The maximum atomic E-state index is 9.26. The van der Waals surface area contributed by atoms with Crippen LogP contribution in [0.3, 0.4) is 0 Å². The summed E-state index contributed by atoms with van der Waals surface area (Å²) in [4.78, 5) is 1.79. The Morgan fingerprint density at radius 3 is 2.63 bits per heavy atom. The van der Waals surface area contributed by atoms with Crippen molar-refractivity contribution in [3.8, 4) is 29.1 Å². The molecule has 0 bridgehead atoms. The summed E-state index contributed by atoms with van der Waals surface area (Å²) in [5.41, 5.74) is 4.16. The van der Waals surface area contributed by atoms with Crippen LogP contribution in [0.4, 0.5) is 0 Å². The van der Waals surface area contributed by atoms with E-state index in [0.29, 0.717) is 22.9 Å². The molecule has 1 aliphatic heterocycles. The molecule has 0 aliphatic carbocycles. The zero-order chi connectivity index (χ0) is 19.0. The van der Waals surface area contributed by atoms with Gasteiger partial charge in [-0.25, -0.2) is 4.52 Å². The normalized spacial score (nSPS) is 14.9. The van der Waals surface area contributed by atoms with Crippen LogP contribution in [0.5, 0.6) is 5.75 Å². The Bertz CT molecular complexity index is 1070. The fourth-order valence-electron chi connectivity index (χ4n) is 3.75. The van der Waals surface area contributed by atoms with Gasteiger partial charge in [-0.05, 0) is 25.8 Å². The zero-order valence-electron chi connectivity index (χ0n) is 15.3. The second-order valence-corrected chi connectivity index (χ2v) is 6.67. The number of piperidine rings is 1. The Kier molecular flexibility index (Phi) is 4.17. The first-order valence-corrected chi connectivity index (χ1v) is 8.81. The molecule has 4 rings (SSSR count). The van der Waals surface area contributed by atoms with Gasteiger partial charge in [-0.3, -0.25) is 4.68 Å². The molecule has 8 nitrogen and oxygen atoms in total. The van der Waals surface area contributed by atoms with Crippen molar-refractivity contribution in [2.45, 2.75) is 25.8 Å². The number of hydrogen-bond acceptors (Lipinski definition) is 6. The molecule has 0 saturated carbocycles. The number of ether oxygens (including phenoxy) is 1. The number of methoxy groups -OCH3 is 1. The van der Waals surface area contributed by atoms with Crippen LogP contribution in [0, 0.1) is 29.7 Å². The molecule has 0 spiro atoms. The first kappa shape index (κ1) is 16.9. The van der Waals surface area contributed by atoms with Crippen molar-refractivity contribution >= 4 is 5.52 Å². The maximum Gasteiger partial charge on any atom is 0.179 e. The number of hydrogen-bond donors (Lipinski definition) is 0. The van der Waals surface area contributed by atoms with E-state index in [1.165, 1.54) is 0 Å². The Morgan fingerprint density at radius 2 is 1.96 bits per heavy atom. The van der Waals surface area contributed by atoms with Crippen molar-refractivity contribution in [1.82, 2.24) is 24.3 Å². The molecule has 1 aliphatic rings. The van der Waals surface area contributed by atoms with Crippen molar-refractivity contribution < 1.29 is 4.74 Å². The van der Waals surface area contributed by atoms with E-state index in [9.17, 15) is 5.26 Å². The van der Waals surface area contributed by atoms with Gasteiger partial charge in [0.1, 0.15) is 22.9 Å². The van der Waals surface area contributed by atoms with Crippen molar-refractivity contribution in [1.29, 1.82) is 10.5 Å². The first-order valence-electron chi connectivity index (χ1n) is 8.81. The van der Waals surface area contributed by atoms with Gasteiger partial charge in [0.05, 0.1) is 25.5 Å². The Labute approximate surface area is 156 Å². The third kappa shape index (κ3) is 2.76. The summed E-state index contributed by atoms with van der Waals surface area (Å²) >= 11 is 0. The lowest BCUT2D eigenvalue weighted by molar-refractivity contribution is 0.239. The molecule has 3 aromatic heterocycles. The summed E-state index contributed by atoms with van der Waals surface area (Å²) < 4.78 is 9.24. The van der Waals surface area contributed by atoms with Gasteiger partial charge >= 0.3 is 0 Å². The average molecular weight is 361 g/mol. The number of nitriles is 2. The third-order valence-corrected chi connectivity index (χ3v) is 5.22. The van der Waals surface area contributed by atoms with Gasteiger partial charge in [-0.15, -0.1) is 0 Å². The Morgan fingerprint density at radius 1 is 1.19 bits per heavy atom. The molecule has 8 heteroatoms. The maximum absolute atomic E-state index is 9.26. The molecular formula is C19H19N7O.